The van der Waals surface area contributed by atoms with E-state index in [0.29, 0.717) is 19.0 Å². The van der Waals surface area contributed by atoms with Crippen molar-refractivity contribution in [1.82, 2.24) is 10.6 Å². The zero-order chi connectivity index (χ0) is 18.1. The average Bonchev–Trinajstić information content (AvgIpc) is 2.66. The van der Waals surface area contributed by atoms with Crippen molar-refractivity contribution in [3.8, 4) is 0 Å². The first-order chi connectivity index (χ1) is 12.2. The highest BCUT2D eigenvalue weighted by Crippen LogP contribution is 2.13. The molecule has 1 unspecified atom stereocenters. The van der Waals surface area contributed by atoms with Gasteiger partial charge in [-0.05, 0) is 23.3 Å². The Kier molecular flexibility index (Phi) is 10.2. The van der Waals surface area contributed by atoms with Crippen LogP contribution in [-0.2, 0) is 13.2 Å². The Balaban J connectivity index is 0.00000338. The quantitative estimate of drug-likeness (QED) is 0.283. The van der Waals surface area contributed by atoms with Crippen molar-refractivity contribution in [2.75, 3.05) is 20.2 Å². The Bertz CT molecular complexity index is 698. The zero-order valence-electron chi connectivity index (χ0n) is 14.7. The first-order valence-electron chi connectivity index (χ1n) is 8.16. The van der Waals surface area contributed by atoms with Crippen molar-refractivity contribution in [1.29, 1.82) is 0 Å². The van der Waals surface area contributed by atoms with Crippen molar-refractivity contribution in [2.45, 2.75) is 19.1 Å². The average molecular weight is 473 g/mol. The van der Waals surface area contributed by atoms with Gasteiger partial charge < -0.3 is 20.8 Å². The summed E-state index contributed by atoms with van der Waals surface area (Å²) in [5.74, 6) is 0.137. The number of benzene rings is 2. The lowest BCUT2D eigenvalue weighted by atomic mass is 10.0. The van der Waals surface area contributed by atoms with Gasteiger partial charge >= 0.3 is 0 Å². The minimum absolute atomic E-state index is 0. The van der Waals surface area contributed by atoms with Gasteiger partial charge in [-0.25, -0.2) is 4.39 Å². The smallest absolute Gasteiger partial charge is 0.191 e. The lowest BCUT2D eigenvalue weighted by Gasteiger charge is -2.18. The maximum Gasteiger partial charge on any atom is 0.191 e. The van der Waals surface area contributed by atoms with E-state index in [1.165, 1.54) is 6.07 Å². The SMILES string of the molecule is CN=C(NCc1ccc(F)c(CO)c1)NCC(CO)c1ccccc1.I. The highest BCUT2D eigenvalue weighted by Gasteiger charge is 2.11. The largest absolute Gasteiger partial charge is 0.396 e. The molecule has 4 N–H and O–H groups in total. The molecule has 0 aliphatic carbocycles. The third-order valence-corrected chi connectivity index (χ3v) is 3.97. The molecule has 2 aromatic rings. The van der Waals surface area contributed by atoms with Crippen LogP contribution >= 0.6 is 24.0 Å². The van der Waals surface area contributed by atoms with Gasteiger partial charge in [-0.1, -0.05) is 36.4 Å². The number of halogens is 2. The minimum Gasteiger partial charge on any atom is -0.396 e. The second-order valence-electron chi connectivity index (χ2n) is 5.68. The summed E-state index contributed by atoms with van der Waals surface area (Å²) in [5, 5.41) is 25.0. The Morgan fingerprint density at radius 2 is 1.85 bits per heavy atom. The molecule has 142 valence electrons. The summed E-state index contributed by atoms with van der Waals surface area (Å²) >= 11 is 0. The fourth-order valence-electron chi connectivity index (χ4n) is 2.50. The number of aliphatic imine (C=N–C) groups is 1. The highest BCUT2D eigenvalue weighted by molar-refractivity contribution is 14.0. The number of hydrogen-bond donors (Lipinski definition) is 4. The number of aliphatic hydroxyl groups excluding tert-OH is 2. The van der Waals surface area contributed by atoms with Crippen LogP contribution in [0.25, 0.3) is 0 Å². The highest BCUT2D eigenvalue weighted by atomic mass is 127. The molecule has 0 aromatic heterocycles. The molecule has 0 heterocycles. The van der Waals surface area contributed by atoms with Crippen LogP contribution in [0.1, 0.15) is 22.6 Å². The summed E-state index contributed by atoms with van der Waals surface area (Å²) in [5.41, 5.74) is 2.17. The molecule has 0 amide bonds. The van der Waals surface area contributed by atoms with E-state index in [2.05, 4.69) is 15.6 Å². The Hall–Kier alpha value is -1.71. The second-order valence-corrected chi connectivity index (χ2v) is 5.68. The molecule has 7 heteroatoms. The summed E-state index contributed by atoms with van der Waals surface area (Å²) < 4.78 is 13.4. The maximum absolute atomic E-state index is 13.4. The van der Waals surface area contributed by atoms with E-state index in [-0.39, 0.29) is 48.7 Å². The van der Waals surface area contributed by atoms with Gasteiger partial charge in [-0.2, -0.15) is 0 Å². The van der Waals surface area contributed by atoms with Crippen molar-refractivity contribution in [3.05, 3.63) is 71.0 Å². The van der Waals surface area contributed by atoms with Gasteiger partial charge in [-0.3, -0.25) is 4.99 Å². The van der Waals surface area contributed by atoms with Gasteiger partial charge in [0, 0.05) is 31.6 Å². The molecule has 2 rings (SSSR count). The molecule has 0 spiro atoms. The van der Waals surface area contributed by atoms with E-state index in [1.807, 2.05) is 30.3 Å². The van der Waals surface area contributed by atoms with Crippen molar-refractivity contribution < 1.29 is 14.6 Å². The first-order valence-corrected chi connectivity index (χ1v) is 8.16. The predicted octanol–water partition coefficient (Wildman–Crippen LogP) is 2.38. The number of nitrogens with one attached hydrogen (secondary N) is 2. The molecule has 1 atom stereocenters. The van der Waals surface area contributed by atoms with E-state index in [4.69, 9.17) is 5.11 Å². The van der Waals surface area contributed by atoms with Gasteiger partial charge in [0.25, 0.3) is 0 Å². The molecule has 5 nitrogen and oxygen atoms in total. The molecule has 0 bridgehead atoms. The van der Waals surface area contributed by atoms with Crippen LogP contribution in [0.3, 0.4) is 0 Å². The van der Waals surface area contributed by atoms with Gasteiger partial charge in [-0.15, -0.1) is 24.0 Å². The molecule has 0 saturated heterocycles. The van der Waals surface area contributed by atoms with Gasteiger partial charge in [0.2, 0.25) is 0 Å². The van der Waals surface area contributed by atoms with Crippen LogP contribution in [-0.4, -0.2) is 36.4 Å². The van der Waals surface area contributed by atoms with Crippen molar-refractivity contribution in [3.63, 3.8) is 0 Å². The Morgan fingerprint density at radius 1 is 1.12 bits per heavy atom. The predicted molar refractivity (Wildman–Crippen MR) is 112 cm³/mol. The summed E-state index contributed by atoms with van der Waals surface area (Å²) in [6.07, 6.45) is 0. The Morgan fingerprint density at radius 3 is 2.46 bits per heavy atom. The number of guanidine groups is 1. The van der Waals surface area contributed by atoms with Crippen molar-refractivity contribution >= 4 is 29.9 Å². The summed E-state index contributed by atoms with van der Waals surface area (Å²) in [4.78, 5) is 4.15. The molecular formula is C19H25FIN3O2. The Labute approximate surface area is 170 Å². The minimum atomic E-state index is -0.414. The third-order valence-electron chi connectivity index (χ3n) is 3.97. The van der Waals surface area contributed by atoms with Crippen LogP contribution in [0.5, 0.6) is 0 Å². The topological polar surface area (TPSA) is 76.9 Å². The monoisotopic (exact) mass is 473 g/mol. The lowest BCUT2D eigenvalue weighted by Crippen LogP contribution is -2.39. The maximum atomic E-state index is 13.4. The summed E-state index contributed by atoms with van der Waals surface area (Å²) in [7, 11) is 1.66. The lowest BCUT2D eigenvalue weighted by molar-refractivity contribution is 0.265. The first kappa shape index (κ1) is 22.3. The van der Waals surface area contributed by atoms with Crippen LogP contribution in [0.15, 0.2) is 53.5 Å². The van der Waals surface area contributed by atoms with Crippen LogP contribution < -0.4 is 10.6 Å². The molecule has 0 aliphatic heterocycles. The molecule has 0 aliphatic rings. The number of aliphatic hydroxyl groups is 2. The summed E-state index contributed by atoms with van der Waals surface area (Å²) in [6.45, 7) is 0.682. The zero-order valence-corrected chi connectivity index (χ0v) is 17.0. The molecule has 0 radical (unpaired) electrons. The van der Waals surface area contributed by atoms with Crippen LogP contribution in [0, 0.1) is 5.82 Å². The number of hydrogen-bond acceptors (Lipinski definition) is 3. The van der Waals surface area contributed by atoms with Gasteiger partial charge in [0.05, 0.1) is 13.2 Å². The molecule has 0 saturated carbocycles. The number of nitrogens with zero attached hydrogens (tertiary/aromatic N) is 1. The molecule has 26 heavy (non-hydrogen) atoms. The molecule has 0 fully saturated rings. The van der Waals surface area contributed by atoms with E-state index >= 15 is 0 Å². The van der Waals surface area contributed by atoms with Gasteiger partial charge in [0.15, 0.2) is 5.96 Å². The third kappa shape index (κ3) is 6.54. The standard InChI is InChI=1S/C19H24FN3O2.HI/c1-21-19(22-10-14-7-8-18(20)16(9-14)12-24)23-11-17(13-25)15-5-3-2-4-6-15;/h2-9,17,24-25H,10-13H2,1H3,(H2,21,22,23);1H. The normalized spacial score (nSPS) is 12.2. The van der Waals surface area contributed by atoms with E-state index in [9.17, 15) is 9.50 Å². The molecular weight excluding hydrogens is 448 g/mol. The van der Waals surface area contributed by atoms with Crippen molar-refractivity contribution in [2.24, 2.45) is 4.99 Å². The summed E-state index contributed by atoms with van der Waals surface area (Å²) in [6, 6.07) is 14.4. The van der Waals surface area contributed by atoms with E-state index < -0.39 is 5.82 Å². The fourth-order valence-corrected chi connectivity index (χ4v) is 2.50. The van der Waals surface area contributed by atoms with Crippen LogP contribution in [0.4, 0.5) is 4.39 Å². The second kappa shape index (κ2) is 11.8. The van der Waals surface area contributed by atoms with Gasteiger partial charge in [0.1, 0.15) is 5.82 Å². The van der Waals surface area contributed by atoms with Crippen LogP contribution in [0.2, 0.25) is 0 Å². The number of rotatable bonds is 7. The van der Waals surface area contributed by atoms with E-state index in [1.54, 1.807) is 19.2 Å². The fraction of sp³-hybridized carbons (Fsp3) is 0.316. The van der Waals surface area contributed by atoms with E-state index in [0.717, 1.165) is 11.1 Å². The molecule has 2 aromatic carbocycles.